The largest absolute Gasteiger partial charge is 0.324 e. The zero-order chi connectivity index (χ0) is 19.1. The number of fused-ring (bicyclic) bond motifs is 5. The third-order valence-corrected chi connectivity index (χ3v) is 6.73. The van der Waals surface area contributed by atoms with Gasteiger partial charge in [-0.1, -0.05) is 30.3 Å². The first-order valence-electron chi connectivity index (χ1n) is 10.2. The van der Waals surface area contributed by atoms with Gasteiger partial charge in [-0.25, -0.2) is 0 Å². The maximum absolute atomic E-state index is 12.7. The number of amides is 2. The lowest BCUT2D eigenvalue weighted by molar-refractivity contribution is -0.122. The van der Waals surface area contributed by atoms with Gasteiger partial charge in [0.15, 0.2) is 0 Å². The maximum atomic E-state index is 12.7. The predicted molar refractivity (Wildman–Crippen MR) is 109 cm³/mol. The van der Waals surface area contributed by atoms with E-state index in [1.54, 1.807) is 12.1 Å². The monoisotopic (exact) mass is 375 g/mol. The molecule has 2 amide bonds. The number of anilines is 2. The molecular weight excluding hydrogens is 350 g/mol. The van der Waals surface area contributed by atoms with E-state index in [9.17, 15) is 9.59 Å². The second-order valence-corrected chi connectivity index (χ2v) is 8.33. The van der Waals surface area contributed by atoms with E-state index < -0.39 is 0 Å². The quantitative estimate of drug-likeness (QED) is 0.839. The minimum atomic E-state index is -0.223. The van der Waals surface area contributed by atoms with E-state index in [4.69, 9.17) is 0 Å². The molecule has 0 spiro atoms. The number of carbonyl (C=O) groups excluding carboxylic acids is 2. The van der Waals surface area contributed by atoms with Crippen molar-refractivity contribution in [2.45, 2.75) is 25.3 Å². The van der Waals surface area contributed by atoms with E-state index >= 15 is 0 Å². The van der Waals surface area contributed by atoms with Gasteiger partial charge in [0.25, 0.3) is 5.91 Å². The van der Waals surface area contributed by atoms with Crippen LogP contribution in [-0.4, -0.2) is 35.8 Å². The third-order valence-electron chi connectivity index (χ3n) is 6.73. The summed E-state index contributed by atoms with van der Waals surface area (Å²) in [6.45, 7) is 1.47. The van der Waals surface area contributed by atoms with Crippen LogP contribution in [0.15, 0.2) is 54.6 Å². The molecule has 2 bridgehead atoms. The number of carbonyl (C=O) groups is 2. The summed E-state index contributed by atoms with van der Waals surface area (Å²) in [5.41, 5.74) is 1.77. The Morgan fingerprint density at radius 2 is 1.68 bits per heavy atom. The summed E-state index contributed by atoms with van der Waals surface area (Å²) in [5.74, 6) is 2.24. The summed E-state index contributed by atoms with van der Waals surface area (Å²) in [6.07, 6.45) is 4.07. The molecule has 1 saturated heterocycles. The number of likely N-dealkylation sites (tertiary alicyclic amines) is 1. The van der Waals surface area contributed by atoms with Crippen molar-refractivity contribution in [3.05, 3.63) is 60.2 Å². The Morgan fingerprint density at radius 3 is 2.50 bits per heavy atom. The van der Waals surface area contributed by atoms with Crippen LogP contribution >= 0.6 is 0 Å². The molecule has 3 aliphatic rings. The Morgan fingerprint density at radius 1 is 0.929 bits per heavy atom. The first-order chi connectivity index (χ1) is 13.7. The SMILES string of the molecule is O=C(CN1C[C@@H]2[C@H]3CC[C@@H](C3)[C@@H]21)Nc1ccccc1C(=O)Nc1ccccc1. The van der Waals surface area contributed by atoms with E-state index in [1.165, 1.54) is 19.3 Å². The Kier molecular flexibility index (Phi) is 4.40. The summed E-state index contributed by atoms with van der Waals surface area (Å²) in [4.78, 5) is 27.7. The van der Waals surface area contributed by atoms with Crippen LogP contribution in [-0.2, 0) is 4.79 Å². The van der Waals surface area contributed by atoms with E-state index in [0.717, 1.165) is 30.0 Å². The van der Waals surface area contributed by atoms with Crippen LogP contribution in [0.25, 0.3) is 0 Å². The van der Waals surface area contributed by atoms with Gasteiger partial charge in [0, 0.05) is 18.3 Å². The van der Waals surface area contributed by atoms with E-state index in [-0.39, 0.29) is 11.8 Å². The topological polar surface area (TPSA) is 61.4 Å². The van der Waals surface area contributed by atoms with Gasteiger partial charge in [0.2, 0.25) is 5.91 Å². The van der Waals surface area contributed by atoms with Crippen molar-refractivity contribution in [3.63, 3.8) is 0 Å². The number of para-hydroxylation sites is 2. The summed E-state index contributed by atoms with van der Waals surface area (Å²) < 4.78 is 0. The highest BCUT2D eigenvalue weighted by Gasteiger charge is 2.56. The van der Waals surface area contributed by atoms with Gasteiger partial charge < -0.3 is 10.6 Å². The van der Waals surface area contributed by atoms with Gasteiger partial charge in [0.1, 0.15) is 0 Å². The molecule has 2 aromatic rings. The average Bonchev–Trinajstić information content (AvgIpc) is 3.24. The zero-order valence-corrected chi connectivity index (χ0v) is 15.8. The first-order valence-corrected chi connectivity index (χ1v) is 10.2. The van der Waals surface area contributed by atoms with Gasteiger partial charge in [0.05, 0.1) is 17.8 Å². The van der Waals surface area contributed by atoms with Gasteiger partial charge in [-0.05, 0) is 61.3 Å². The molecular formula is C23H25N3O2. The van der Waals surface area contributed by atoms with Gasteiger partial charge in [-0.3, -0.25) is 14.5 Å². The van der Waals surface area contributed by atoms with Crippen LogP contribution in [0.5, 0.6) is 0 Å². The summed E-state index contributed by atoms with van der Waals surface area (Å²) in [5, 5.41) is 5.84. The zero-order valence-electron chi connectivity index (χ0n) is 15.8. The highest BCUT2D eigenvalue weighted by molar-refractivity contribution is 6.10. The smallest absolute Gasteiger partial charge is 0.257 e. The molecule has 3 fully saturated rings. The Balaban J connectivity index is 1.23. The summed E-state index contributed by atoms with van der Waals surface area (Å²) in [7, 11) is 0. The normalized spacial score (nSPS) is 27.7. The fraction of sp³-hybridized carbons (Fsp3) is 0.391. The molecule has 5 nitrogen and oxygen atoms in total. The highest BCUT2D eigenvalue weighted by Crippen LogP contribution is 2.55. The van der Waals surface area contributed by atoms with Crippen LogP contribution in [0, 0.1) is 17.8 Å². The van der Waals surface area contributed by atoms with Crippen LogP contribution in [0.4, 0.5) is 11.4 Å². The molecule has 4 atom stereocenters. The maximum Gasteiger partial charge on any atom is 0.257 e. The molecule has 144 valence electrons. The second-order valence-electron chi connectivity index (χ2n) is 8.33. The molecule has 2 aromatic carbocycles. The molecule has 1 aliphatic heterocycles. The second kappa shape index (κ2) is 7.06. The predicted octanol–water partition coefficient (Wildman–Crippen LogP) is 3.61. The average molecular weight is 375 g/mol. The van der Waals surface area contributed by atoms with Gasteiger partial charge >= 0.3 is 0 Å². The Labute approximate surface area is 165 Å². The van der Waals surface area contributed by atoms with E-state index in [1.807, 2.05) is 42.5 Å². The van der Waals surface area contributed by atoms with Crippen molar-refractivity contribution in [3.8, 4) is 0 Å². The highest BCUT2D eigenvalue weighted by atomic mass is 16.2. The number of rotatable bonds is 5. The van der Waals surface area contributed by atoms with E-state index in [2.05, 4.69) is 15.5 Å². The lowest BCUT2D eigenvalue weighted by Crippen LogP contribution is -2.60. The van der Waals surface area contributed by atoms with E-state index in [0.29, 0.717) is 23.8 Å². The molecule has 28 heavy (non-hydrogen) atoms. The standard InChI is InChI=1S/C23H25N3O2/c27-21(14-26-13-19-15-10-11-16(12-15)22(19)26)25-20-9-5-4-8-18(20)23(28)24-17-6-2-1-3-7-17/h1-9,15-16,19,22H,10-14H2,(H,24,28)(H,25,27)/t15-,16-,19+,22-/m0/s1. The van der Waals surface area contributed by atoms with Crippen molar-refractivity contribution in [2.75, 3.05) is 23.7 Å². The number of hydrogen-bond donors (Lipinski definition) is 2. The Bertz CT molecular complexity index is 896. The lowest BCUT2D eigenvalue weighted by atomic mass is 9.77. The minimum absolute atomic E-state index is 0.0406. The van der Waals surface area contributed by atoms with Crippen LogP contribution < -0.4 is 10.6 Å². The molecule has 1 heterocycles. The molecule has 2 aliphatic carbocycles. The van der Waals surface area contributed by atoms with Crippen molar-refractivity contribution < 1.29 is 9.59 Å². The molecule has 2 saturated carbocycles. The van der Waals surface area contributed by atoms with Crippen LogP contribution in [0.1, 0.15) is 29.6 Å². The fourth-order valence-corrected chi connectivity index (χ4v) is 5.51. The van der Waals surface area contributed by atoms with Gasteiger partial charge in [-0.2, -0.15) is 0 Å². The Hall–Kier alpha value is -2.66. The summed E-state index contributed by atoms with van der Waals surface area (Å²) >= 11 is 0. The first kappa shape index (κ1) is 17.4. The summed E-state index contributed by atoms with van der Waals surface area (Å²) in [6, 6.07) is 17.1. The molecule has 0 radical (unpaired) electrons. The molecule has 5 heteroatoms. The lowest BCUT2D eigenvalue weighted by Gasteiger charge is -2.50. The molecule has 0 unspecified atom stereocenters. The van der Waals surface area contributed by atoms with Gasteiger partial charge in [-0.15, -0.1) is 0 Å². The van der Waals surface area contributed by atoms with Crippen molar-refractivity contribution in [1.82, 2.24) is 4.90 Å². The van der Waals surface area contributed by atoms with Crippen molar-refractivity contribution in [2.24, 2.45) is 17.8 Å². The molecule has 0 aromatic heterocycles. The number of nitrogens with zero attached hydrogens (tertiary/aromatic N) is 1. The van der Waals surface area contributed by atoms with Crippen LogP contribution in [0.2, 0.25) is 0 Å². The van der Waals surface area contributed by atoms with Crippen molar-refractivity contribution >= 4 is 23.2 Å². The fourth-order valence-electron chi connectivity index (χ4n) is 5.51. The molecule has 5 rings (SSSR count). The number of nitrogens with one attached hydrogen (secondary N) is 2. The number of hydrogen-bond acceptors (Lipinski definition) is 3. The molecule has 2 N–H and O–H groups in total. The third kappa shape index (κ3) is 3.10. The minimum Gasteiger partial charge on any atom is -0.324 e. The van der Waals surface area contributed by atoms with Crippen LogP contribution in [0.3, 0.4) is 0 Å². The number of benzene rings is 2. The van der Waals surface area contributed by atoms with Crippen molar-refractivity contribution in [1.29, 1.82) is 0 Å².